The quantitative estimate of drug-likeness (QED) is 0.731. The minimum absolute atomic E-state index is 0.144. The molecule has 2 amide bonds. The molecule has 2 rings (SSSR count). The molecule has 1 aromatic carbocycles. The van der Waals surface area contributed by atoms with Gasteiger partial charge in [0, 0.05) is 7.05 Å². The molecule has 0 atom stereocenters. The highest BCUT2D eigenvalue weighted by Crippen LogP contribution is 2.42. The first-order valence-electron chi connectivity index (χ1n) is 6.47. The van der Waals surface area contributed by atoms with Gasteiger partial charge in [0.05, 0.1) is 11.3 Å². The van der Waals surface area contributed by atoms with Gasteiger partial charge >= 0.3 is 5.97 Å². The number of hydrogen-bond donors (Lipinski definition) is 3. The van der Waals surface area contributed by atoms with Crippen LogP contribution in [0.5, 0.6) is 0 Å². The van der Waals surface area contributed by atoms with Gasteiger partial charge in [-0.3, -0.25) is 9.59 Å². The third kappa shape index (κ3) is 2.58. The molecule has 112 valence electrons. The molecule has 1 saturated carbocycles. The van der Waals surface area contributed by atoms with Crippen LogP contribution in [0.3, 0.4) is 0 Å². The summed E-state index contributed by atoms with van der Waals surface area (Å²) in [4.78, 5) is 35.0. The molecule has 1 aliphatic carbocycles. The number of hydrogen-bond acceptors (Lipinski definition) is 3. The Bertz CT molecular complexity index is 611. The number of aromatic carboxylic acids is 1. The van der Waals surface area contributed by atoms with Gasteiger partial charge in [-0.15, -0.1) is 0 Å². The average molecular weight is 294 g/mol. The number of halogens is 1. The van der Waals surface area contributed by atoms with Crippen LogP contribution in [0.15, 0.2) is 18.2 Å². The zero-order chi connectivity index (χ0) is 15.6. The van der Waals surface area contributed by atoms with Gasteiger partial charge in [0.15, 0.2) is 0 Å². The zero-order valence-corrected chi connectivity index (χ0v) is 11.4. The van der Waals surface area contributed by atoms with Crippen LogP contribution in [0.2, 0.25) is 0 Å². The molecule has 1 aliphatic rings. The van der Waals surface area contributed by atoms with Crippen LogP contribution in [0.25, 0.3) is 0 Å². The van der Waals surface area contributed by atoms with Crippen LogP contribution in [-0.4, -0.2) is 29.9 Å². The minimum Gasteiger partial charge on any atom is -0.478 e. The molecule has 0 heterocycles. The third-order valence-electron chi connectivity index (χ3n) is 3.76. The number of amides is 2. The number of nitrogens with one attached hydrogen (secondary N) is 2. The maximum Gasteiger partial charge on any atom is 0.335 e. The number of rotatable bonds is 4. The molecule has 6 nitrogen and oxygen atoms in total. The molecule has 0 aromatic heterocycles. The van der Waals surface area contributed by atoms with E-state index in [4.69, 9.17) is 5.11 Å². The summed E-state index contributed by atoms with van der Waals surface area (Å²) in [5.74, 6) is -3.01. The molecular weight excluding hydrogens is 279 g/mol. The summed E-state index contributed by atoms with van der Waals surface area (Å²) in [7, 11) is 1.43. The summed E-state index contributed by atoms with van der Waals surface area (Å²) in [6.07, 6.45) is 1.51. The van der Waals surface area contributed by atoms with Crippen LogP contribution in [-0.2, 0) is 9.59 Å². The van der Waals surface area contributed by atoms with Crippen LogP contribution < -0.4 is 10.6 Å². The normalized spacial score (nSPS) is 15.7. The van der Waals surface area contributed by atoms with E-state index in [1.807, 2.05) is 0 Å². The molecule has 7 heteroatoms. The molecule has 3 N–H and O–H groups in total. The van der Waals surface area contributed by atoms with E-state index in [0.717, 1.165) is 24.6 Å². The van der Waals surface area contributed by atoms with E-state index in [9.17, 15) is 18.8 Å². The van der Waals surface area contributed by atoms with Gasteiger partial charge in [0.2, 0.25) is 11.8 Å². The number of carbonyl (C=O) groups is 3. The highest BCUT2D eigenvalue weighted by Gasteiger charge is 2.50. The number of benzene rings is 1. The molecule has 0 spiro atoms. The van der Waals surface area contributed by atoms with E-state index in [-0.39, 0.29) is 11.3 Å². The van der Waals surface area contributed by atoms with Crippen molar-refractivity contribution in [1.29, 1.82) is 0 Å². The maximum atomic E-state index is 13.7. The first-order chi connectivity index (χ1) is 9.90. The minimum atomic E-state index is -1.23. The largest absolute Gasteiger partial charge is 0.478 e. The molecule has 0 bridgehead atoms. The summed E-state index contributed by atoms with van der Waals surface area (Å²) in [6, 6.07) is 3.10. The van der Waals surface area contributed by atoms with E-state index >= 15 is 0 Å². The fourth-order valence-electron chi connectivity index (χ4n) is 2.32. The molecule has 21 heavy (non-hydrogen) atoms. The van der Waals surface area contributed by atoms with Crippen molar-refractivity contribution in [1.82, 2.24) is 5.32 Å². The lowest BCUT2D eigenvalue weighted by Crippen LogP contribution is -2.52. The number of anilines is 1. The smallest absolute Gasteiger partial charge is 0.335 e. The Hall–Kier alpha value is -2.44. The number of carbonyl (C=O) groups excluding carboxylic acids is 2. The Labute approximate surface area is 120 Å². The molecule has 0 radical (unpaired) electrons. The number of carboxylic acids is 1. The van der Waals surface area contributed by atoms with E-state index in [0.29, 0.717) is 12.8 Å². The lowest BCUT2D eigenvalue weighted by molar-refractivity contribution is -0.146. The van der Waals surface area contributed by atoms with Gasteiger partial charge in [-0.05, 0) is 31.0 Å². The van der Waals surface area contributed by atoms with E-state index in [2.05, 4.69) is 10.6 Å². The fraction of sp³-hybridized carbons (Fsp3) is 0.357. The van der Waals surface area contributed by atoms with Crippen LogP contribution in [0, 0.1) is 11.2 Å². The first kappa shape index (κ1) is 15.0. The van der Waals surface area contributed by atoms with E-state index in [1.165, 1.54) is 7.05 Å². The van der Waals surface area contributed by atoms with Crippen molar-refractivity contribution in [3.8, 4) is 0 Å². The van der Waals surface area contributed by atoms with Crippen LogP contribution in [0.4, 0.5) is 10.1 Å². The second-order valence-electron chi connectivity index (χ2n) is 4.97. The number of carboxylic acid groups (broad SMARTS) is 1. The molecule has 1 fully saturated rings. The fourth-order valence-corrected chi connectivity index (χ4v) is 2.32. The van der Waals surface area contributed by atoms with Crippen molar-refractivity contribution < 1.29 is 23.9 Å². The average Bonchev–Trinajstić information content (AvgIpc) is 2.39. The Morgan fingerprint density at radius 3 is 2.38 bits per heavy atom. The summed E-state index contributed by atoms with van der Waals surface area (Å²) in [5.41, 5.74) is -1.58. The highest BCUT2D eigenvalue weighted by atomic mass is 19.1. The van der Waals surface area contributed by atoms with Gasteiger partial charge in [-0.25, -0.2) is 9.18 Å². The Kier molecular flexibility index (Phi) is 3.93. The van der Waals surface area contributed by atoms with Crippen LogP contribution in [0.1, 0.15) is 29.6 Å². The van der Waals surface area contributed by atoms with Gasteiger partial charge in [0.1, 0.15) is 11.2 Å². The van der Waals surface area contributed by atoms with Crippen molar-refractivity contribution in [3.63, 3.8) is 0 Å². The predicted molar refractivity (Wildman–Crippen MR) is 72.3 cm³/mol. The molecular formula is C14H15FN2O4. The van der Waals surface area contributed by atoms with Gasteiger partial charge < -0.3 is 15.7 Å². The monoisotopic (exact) mass is 294 g/mol. The summed E-state index contributed by atoms with van der Waals surface area (Å²) < 4.78 is 13.7. The summed E-state index contributed by atoms with van der Waals surface area (Å²) >= 11 is 0. The Balaban J connectivity index is 2.25. The topological polar surface area (TPSA) is 95.5 Å². The highest BCUT2D eigenvalue weighted by molar-refractivity contribution is 6.11. The van der Waals surface area contributed by atoms with Gasteiger partial charge in [0.25, 0.3) is 0 Å². The lowest BCUT2D eigenvalue weighted by Gasteiger charge is -2.38. The van der Waals surface area contributed by atoms with Crippen molar-refractivity contribution in [2.75, 3.05) is 12.4 Å². The Morgan fingerprint density at radius 2 is 1.90 bits per heavy atom. The molecule has 0 aliphatic heterocycles. The molecule has 1 aromatic rings. The van der Waals surface area contributed by atoms with E-state index in [1.54, 1.807) is 0 Å². The van der Waals surface area contributed by atoms with Gasteiger partial charge in [-0.2, -0.15) is 0 Å². The van der Waals surface area contributed by atoms with Gasteiger partial charge in [-0.1, -0.05) is 6.42 Å². The third-order valence-corrected chi connectivity index (χ3v) is 3.76. The zero-order valence-electron chi connectivity index (χ0n) is 11.4. The second-order valence-corrected chi connectivity index (χ2v) is 4.97. The maximum absolute atomic E-state index is 13.7. The van der Waals surface area contributed by atoms with E-state index < -0.39 is 29.0 Å². The second kappa shape index (κ2) is 5.51. The SMILES string of the molecule is CNC(=O)C1(C(=O)Nc2cc(C(=O)O)ccc2F)CCC1. The first-order valence-corrected chi connectivity index (χ1v) is 6.47. The van der Waals surface area contributed by atoms with Crippen molar-refractivity contribution in [2.45, 2.75) is 19.3 Å². The predicted octanol–water partition coefficient (Wildman–Crippen LogP) is 1.38. The van der Waals surface area contributed by atoms with Crippen LogP contribution >= 0.6 is 0 Å². The summed E-state index contributed by atoms with van der Waals surface area (Å²) in [5, 5.41) is 13.6. The van der Waals surface area contributed by atoms with Crippen molar-refractivity contribution in [2.24, 2.45) is 5.41 Å². The van der Waals surface area contributed by atoms with Crippen molar-refractivity contribution >= 4 is 23.5 Å². The molecule has 0 unspecified atom stereocenters. The molecule has 0 saturated heterocycles. The Morgan fingerprint density at radius 1 is 1.24 bits per heavy atom. The lowest BCUT2D eigenvalue weighted by atomic mass is 9.67. The summed E-state index contributed by atoms with van der Waals surface area (Å²) in [6.45, 7) is 0. The standard InChI is InChI=1S/C14H15FN2O4/c1-16-12(20)14(5-2-6-14)13(21)17-10-7-8(11(18)19)3-4-9(10)15/h3-4,7H,2,5-6H2,1H3,(H,16,20)(H,17,21)(H,18,19). The van der Waals surface area contributed by atoms with Crippen molar-refractivity contribution in [3.05, 3.63) is 29.6 Å².